The molecule has 2 nitrogen and oxygen atoms in total. The molecule has 0 amide bonds. The average Bonchev–Trinajstić information content (AvgIpc) is 4.16. The zero-order chi connectivity index (χ0) is 51.7. The number of aryl methyl sites for hydroxylation is 1. The largest absolute Gasteiger partial charge is 0.344 e. The third-order valence-electron chi connectivity index (χ3n) is 18.1. The van der Waals surface area contributed by atoms with E-state index in [1.165, 1.54) is 168 Å². The Morgan fingerprint density at radius 2 is 0.885 bits per heavy atom. The second-order valence-corrected chi connectivity index (χ2v) is 24.3. The molecule has 17 rings (SSSR count). The summed E-state index contributed by atoms with van der Waals surface area (Å²) in [5, 5.41) is 20.9. The van der Waals surface area contributed by atoms with Crippen molar-refractivity contribution in [2.75, 3.05) is 11.9 Å². The molecule has 1 unspecified atom stereocenters. The van der Waals surface area contributed by atoms with Gasteiger partial charge in [-0.25, -0.2) is 0 Å². The van der Waals surface area contributed by atoms with Crippen LogP contribution in [0, 0.1) is 0 Å². The van der Waals surface area contributed by atoms with Crippen molar-refractivity contribution in [3.63, 3.8) is 0 Å². The van der Waals surface area contributed by atoms with Crippen LogP contribution >= 0.6 is 10.5 Å². The predicted molar refractivity (Wildman–Crippen MR) is 338 cm³/mol. The molecule has 0 fully saturated rings. The molecule has 0 N–H and O–H groups in total. The van der Waals surface area contributed by atoms with Crippen molar-refractivity contribution < 1.29 is 0 Å². The van der Waals surface area contributed by atoms with Crippen molar-refractivity contribution in [3.8, 4) is 39.1 Å². The van der Waals surface area contributed by atoms with E-state index in [4.69, 9.17) is 0 Å². The van der Waals surface area contributed by atoms with Crippen LogP contribution in [0.3, 0.4) is 0 Å². The first-order chi connectivity index (χ1) is 38.3. The SMILES string of the molecule is CN1c2ccc(-c3ccc4c(c3)c3ccccc3n4-c3cc4cc5c(c6ccc7cccc3c7c46)c3ccccc3[s+]5C)cc2C(C)(C)c2cc(-c3c4ccccc4c(-c4cccc5ccccc45)c4ccccc34)ccc21. The van der Waals surface area contributed by atoms with Crippen LogP contribution in [-0.2, 0) is 11.7 Å². The fourth-order valence-corrected chi connectivity index (χ4v) is 16.3. The lowest BCUT2D eigenvalue weighted by Crippen LogP contribution is -2.31. The van der Waals surface area contributed by atoms with Crippen LogP contribution in [0.15, 0.2) is 237 Å². The molecule has 0 saturated heterocycles. The van der Waals surface area contributed by atoms with Gasteiger partial charge in [-0.3, -0.25) is 0 Å². The third kappa shape index (κ3) is 5.86. The van der Waals surface area contributed by atoms with Crippen LogP contribution in [0.2, 0.25) is 0 Å². The maximum Gasteiger partial charge on any atom is 0.182 e. The summed E-state index contributed by atoms with van der Waals surface area (Å²) in [6, 6.07) is 89.9. The van der Waals surface area contributed by atoms with E-state index in [9.17, 15) is 0 Å². The van der Waals surface area contributed by atoms with E-state index in [1.54, 1.807) is 0 Å². The van der Waals surface area contributed by atoms with Crippen molar-refractivity contribution in [2.24, 2.45) is 6.26 Å². The zero-order valence-electron chi connectivity index (χ0n) is 43.8. The van der Waals surface area contributed by atoms with Gasteiger partial charge in [-0.15, -0.1) is 0 Å². The number of nitrogens with zero attached hydrogens (tertiary/aromatic N) is 2. The molecule has 1 atom stereocenters. The lowest BCUT2D eigenvalue weighted by molar-refractivity contribution is 0.630. The third-order valence-corrected chi connectivity index (χ3v) is 20.1. The minimum atomic E-state index is -0.299. The number of hydrogen-bond acceptors (Lipinski definition) is 1. The number of aromatic nitrogens is 1. The first-order valence-electron chi connectivity index (χ1n) is 27.3. The van der Waals surface area contributed by atoms with Crippen molar-refractivity contribution in [1.82, 2.24) is 4.57 Å². The Bertz CT molecular complexity index is 5220. The van der Waals surface area contributed by atoms with Crippen LogP contribution in [0.25, 0.3) is 146 Å². The second-order valence-electron chi connectivity index (χ2n) is 22.4. The smallest absolute Gasteiger partial charge is 0.182 e. The Hall–Kier alpha value is -9.28. The van der Waals surface area contributed by atoms with E-state index >= 15 is 0 Å². The number of thiophene rings is 1. The van der Waals surface area contributed by atoms with Crippen LogP contribution in [0.1, 0.15) is 25.0 Å². The van der Waals surface area contributed by atoms with Crippen molar-refractivity contribution in [1.29, 1.82) is 0 Å². The van der Waals surface area contributed by atoms with Crippen molar-refractivity contribution >= 4 is 128 Å². The maximum atomic E-state index is 2.54. The van der Waals surface area contributed by atoms with E-state index in [2.05, 4.69) is 273 Å². The molecule has 78 heavy (non-hydrogen) atoms. The van der Waals surface area contributed by atoms with Gasteiger partial charge in [0.05, 0.1) is 22.1 Å². The number of rotatable bonds is 4. The highest BCUT2D eigenvalue weighted by atomic mass is 32.2. The van der Waals surface area contributed by atoms with Gasteiger partial charge in [-0.05, 0) is 175 Å². The van der Waals surface area contributed by atoms with Crippen LogP contribution < -0.4 is 4.90 Å². The van der Waals surface area contributed by atoms with Gasteiger partial charge in [-0.1, -0.05) is 184 Å². The molecule has 0 saturated carbocycles. The molecule has 0 aliphatic carbocycles. The lowest BCUT2D eigenvalue weighted by atomic mass is 9.72. The number of benzene rings is 14. The minimum Gasteiger partial charge on any atom is -0.344 e. The number of para-hydroxylation sites is 1. The molecule has 3 heterocycles. The van der Waals surface area contributed by atoms with Crippen molar-refractivity contribution in [2.45, 2.75) is 19.3 Å². The summed E-state index contributed by atoms with van der Waals surface area (Å²) in [7, 11) is 2.24. The molecule has 14 aromatic carbocycles. The van der Waals surface area contributed by atoms with Gasteiger partial charge in [0.1, 0.15) is 6.26 Å². The fraction of sp³-hybridized carbons (Fsp3) is 0.0667. The molecule has 1 aliphatic rings. The molecular formula is C75H51N2S+. The number of hydrogen-bond donors (Lipinski definition) is 0. The standard InChI is InChI=1S/C75H51N2S/c1-75(2)61-40-47(33-37-65(61)76(3)66-38-34-48(41-62(66)75)70-53-22-7-9-24-55(53)73(56-25-10-8-23-54(56)70)52-27-15-18-44-17-5-6-20-50(44)52)46-32-36-64-60(39-46)51-21-11-13-29-63(51)77(64)67-42-49-43-69-74(58-26-12-14-30-68(58)78(69)4)59-35-31-45-19-16-28-57(67)71(45)72(49)59/h5-43H,1-4H3/q+1. The zero-order valence-corrected chi connectivity index (χ0v) is 44.6. The van der Waals surface area contributed by atoms with E-state index in [0.29, 0.717) is 0 Å². The van der Waals surface area contributed by atoms with Gasteiger partial charge < -0.3 is 9.47 Å². The Labute approximate surface area is 454 Å². The maximum absolute atomic E-state index is 2.54. The summed E-state index contributed by atoms with van der Waals surface area (Å²) in [5.41, 5.74) is 16.0. The molecule has 1 aliphatic heterocycles. The van der Waals surface area contributed by atoms with E-state index < -0.39 is 0 Å². The summed E-state index contributed by atoms with van der Waals surface area (Å²) in [4.78, 5) is 2.41. The van der Waals surface area contributed by atoms with Gasteiger partial charge in [0.25, 0.3) is 0 Å². The van der Waals surface area contributed by atoms with Crippen LogP contribution in [0.4, 0.5) is 11.4 Å². The number of anilines is 2. The highest BCUT2D eigenvalue weighted by Crippen LogP contribution is 2.54. The van der Waals surface area contributed by atoms with Gasteiger partial charge in [0, 0.05) is 51.4 Å². The molecule has 0 radical (unpaired) electrons. The topological polar surface area (TPSA) is 8.17 Å². The van der Waals surface area contributed by atoms with E-state index in [0.717, 1.165) is 0 Å². The Morgan fingerprint density at radius 3 is 1.65 bits per heavy atom. The monoisotopic (exact) mass is 1010 g/mol. The average molecular weight is 1010 g/mol. The van der Waals surface area contributed by atoms with Gasteiger partial charge in [0.15, 0.2) is 9.40 Å². The Kier molecular flexibility index (Phi) is 8.95. The molecule has 2 aromatic heterocycles. The molecule has 3 heteroatoms. The molecule has 16 aromatic rings. The number of fused-ring (bicyclic) bond motifs is 12. The summed E-state index contributed by atoms with van der Waals surface area (Å²) in [6.07, 6.45) is 2.40. The van der Waals surface area contributed by atoms with E-state index in [1.807, 2.05) is 0 Å². The van der Waals surface area contributed by atoms with Crippen LogP contribution in [0.5, 0.6) is 0 Å². The highest BCUT2D eigenvalue weighted by Gasteiger charge is 2.36. The summed E-state index contributed by atoms with van der Waals surface area (Å²) < 4.78 is 5.45. The summed E-state index contributed by atoms with van der Waals surface area (Å²) in [5.74, 6) is 0. The van der Waals surface area contributed by atoms with Gasteiger partial charge in [0.2, 0.25) is 0 Å². The predicted octanol–water partition coefficient (Wildman–Crippen LogP) is 21.1. The Balaban J connectivity index is 0.813. The van der Waals surface area contributed by atoms with Gasteiger partial charge in [-0.2, -0.15) is 0 Å². The van der Waals surface area contributed by atoms with Gasteiger partial charge >= 0.3 is 0 Å². The van der Waals surface area contributed by atoms with Crippen molar-refractivity contribution in [3.05, 3.63) is 248 Å². The molecule has 0 bridgehead atoms. The van der Waals surface area contributed by atoms with E-state index in [-0.39, 0.29) is 15.9 Å². The normalized spacial score (nSPS) is 13.7. The summed E-state index contributed by atoms with van der Waals surface area (Å²) >= 11 is 0. The summed E-state index contributed by atoms with van der Waals surface area (Å²) in [6.45, 7) is 4.85. The van der Waals surface area contributed by atoms with Crippen LogP contribution in [-0.4, -0.2) is 11.6 Å². The molecular weight excluding hydrogens is 961 g/mol. The highest BCUT2D eigenvalue weighted by molar-refractivity contribution is 7.41. The second kappa shape index (κ2) is 15.9. The molecule has 0 spiro atoms. The first-order valence-corrected chi connectivity index (χ1v) is 28.9. The quantitative estimate of drug-likeness (QED) is 0.0969. The fourth-order valence-electron chi connectivity index (χ4n) is 14.5. The molecule has 366 valence electrons. The Morgan fingerprint density at radius 1 is 0.333 bits per heavy atom. The minimum absolute atomic E-state index is 0.00372. The lowest BCUT2D eigenvalue weighted by Gasteiger charge is -2.41. The first kappa shape index (κ1) is 43.9.